The number of nitro benzene ring substituents is 1. The number of carbonyl (C=O) groups excluding carboxylic acids is 1. The van der Waals surface area contributed by atoms with E-state index in [1.165, 1.54) is 36.9 Å². The maximum Gasteiger partial charge on any atom is 0.277 e. The van der Waals surface area contributed by atoms with Crippen LogP contribution in [0.3, 0.4) is 0 Å². The number of rotatable bonds is 6. The quantitative estimate of drug-likeness (QED) is 0.372. The maximum absolute atomic E-state index is 12.1. The van der Waals surface area contributed by atoms with E-state index in [0.29, 0.717) is 16.5 Å². The Labute approximate surface area is 135 Å². The van der Waals surface area contributed by atoms with Crippen molar-refractivity contribution in [2.45, 2.75) is 18.7 Å². The minimum absolute atomic E-state index is 0.0184. The summed E-state index contributed by atoms with van der Waals surface area (Å²) < 4.78 is 5.29. The summed E-state index contributed by atoms with van der Waals surface area (Å²) in [7, 11) is 0. The molecule has 8 nitrogen and oxygen atoms in total. The number of thioether (sulfide) groups is 1. The first-order valence-corrected chi connectivity index (χ1v) is 7.42. The second-order valence-electron chi connectivity index (χ2n) is 4.34. The van der Waals surface area contributed by atoms with Gasteiger partial charge in [-0.3, -0.25) is 14.9 Å². The van der Waals surface area contributed by atoms with Crippen molar-refractivity contribution >= 4 is 23.4 Å². The zero-order valence-electron chi connectivity index (χ0n) is 12.1. The van der Waals surface area contributed by atoms with E-state index in [2.05, 4.69) is 21.4 Å². The van der Waals surface area contributed by atoms with Gasteiger partial charge in [-0.15, -0.1) is 16.6 Å². The van der Waals surface area contributed by atoms with Crippen molar-refractivity contribution in [2.75, 3.05) is 5.75 Å². The third-order valence-electron chi connectivity index (χ3n) is 2.87. The van der Waals surface area contributed by atoms with Crippen molar-refractivity contribution in [3.8, 4) is 12.3 Å². The lowest BCUT2D eigenvalue weighted by Crippen LogP contribution is -2.24. The highest BCUT2D eigenvalue weighted by Gasteiger charge is 2.18. The summed E-state index contributed by atoms with van der Waals surface area (Å²) in [4.78, 5) is 22.5. The van der Waals surface area contributed by atoms with Crippen molar-refractivity contribution < 1.29 is 14.1 Å². The Morgan fingerprint density at radius 1 is 1.52 bits per heavy atom. The largest absolute Gasteiger partial charge is 0.414 e. The van der Waals surface area contributed by atoms with Crippen LogP contribution in [-0.2, 0) is 6.54 Å². The van der Waals surface area contributed by atoms with Gasteiger partial charge < -0.3 is 9.73 Å². The van der Waals surface area contributed by atoms with Gasteiger partial charge in [-0.1, -0.05) is 23.7 Å². The fourth-order valence-corrected chi connectivity index (χ4v) is 2.25. The highest BCUT2D eigenvalue weighted by Crippen LogP contribution is 2.21. The number of terminal acetylenes is 1. The molecular formula is C14H12N4O4S. The standard InChI is InChI=1S/C14H12N4O4S/c1-3-7-23-14-17-16-12(22-14)8-15-13(19)10-5-4-6-11(9(10)2)18(20)21/h1,4-6H,7-8H2,2H3,(H,15,19). The molecular weight excluding hydrogens is 320 g/mol. The Hall–Kier alpha value is -2.86. The van der Waals surface area contributed by atoms with Crippen LogP contribution in [0.25, 0.3) is 0 Å². The Balaban J connectivity index is 2.03. The van der Waals surface area contributed by atoms with Crippen LogP contribution in [0.1, 0.15) is 21.8 Å². The Kier molecular flexibility index (Phi) is 5.32. The molecule has 0 saturated carbocycles. The lowest BCUT2D eigenvalue weighted by atomic mass is 10.1. The molecule has 0 spiro atoms. The minimum atomic E-state index is -0.529. The first-order valence-electron chi connectivity index (χ1n) is 6.43. The average molecular weight is 332 g/mol. The molecule has 1 amide bonds. The SMILES string of the molecule is C#CCSc1nnc(CNC(=O)c2cccc([N+](=O)[O-])c2C)o1. The average Bonchev–Trinajstić information content (AvgIpc) is 2.98. The van der Waals surface area contributed by atoms with Gasteiger partial charge in [-0.05, 0) is 13.0 Å². The van der Waals surface area contributed by atoms with Crippen LogP contribution in [0, 0.1) is 29.4 Å². The topological polar surface area (TPSA) is 111 Å². The smallest absolute Gasteiger partial charge is 0.277 e. The molecule has 0 aliphatic heterocycles. The molecule has 0 radical (unpaired) electrons. The van der Waals surface area contributed by atoms with Crippen LogP contribution < -0.4 is 5.32 Å². The number of nitrogens with one attached hydrogen (secondary N) is 1. The van der Waals surface area contributed by atoms with E-state index in [4.69, 9.17) is 10.8 Å². The van der Waals surface area contributed by atoms with E-state index in [1.54, 1.807) is 0 Å². The predicted octanol–water partition coefficient (Wildman–Crippen LogP) is 1.94. The van der Waals surface area contributed by atoms with E-state index in [1.807, 2.05) is 0 Å². The number of benzene rings is 1. The number of carbonyl (C=O) groups is 1. The van der Waals surface area contributed by atoms with E-state index in [-0.39, 0.29) is 23.7 Å². The van der Waals surface area contributed by atoms with Crippen LogP contribution in [-0.4, -0.2) is 26.8 Å². The van der Waals surface area contributed by atoms with Gasteiger partial charge in [0.1, 0.15) is 0 Å². The molecule has 23 heavy (non-hydrogen) atoms. The number of hydrogen-bond acceptors (Lipinski definition) is 7. The van der Waals surface area contributed by atoms with Crippen molar-refractivity contribution in [3.05, 3.63) is 45.3 Å². The van der Waals surface area contributed by atoms with Gasteiger partial charge in [-0.2, -0.15) is 0 Å². The monoisotopic (exact) mass is 332 g/mol. The van der Waals surface area contributed by atoms with Gasteiger partial charge in [-0.25, -0.2) is 0 Å². The Morgan fingerprint density at radius 3 is 3.00 bits per heavy atom. The van der Waals surface area contributed by atoms with Gasteiger partial charge in [0.2, 0.25) is 5.89 Å². The van der Waals surface area contributed by atoms with Crippen molar-refractivity contribution in [1.29, 1.82) is 0 Å². The highest BCUT2D eigenvalue weighted by atomic mass is 32.2. The zero-order chi connectivity index (χ0) is 16.8. The van der Waals surface area contributed by atoms with Crippen LogP contribution in [0.5, 0.6) is 0 Å². The van der Waals surface area contributed by atoms with Gasteiger partial charge in [0, 0.05) is 17.2 Å². The van der Waals surface area contributed by atoms with Crippen LogP contribution in [0.2, 0.25) is 0 Å². The molecule has 1 aromatic carbocycles. The van der Waals surface area contributed by atoms with Crippen molar-refractivity contribution in [3.63, 3.8) is 0 Å². The summed E-state index contributed by atoms with van der Waals surface area (Å²) in [5, 5.41) is 21.3. The van der Waals surface area contributed by atoms with Gasteiger partial charge in [0.05, 0.1) is 17.2 Å². The lowest BCUT2D eigenvalue weighted by molar-refractivity contribution is -0.385. The third kappa shape index (κ3) is 4.08. The second-order valence-corrected chi connectivity index (χ2v) is 5.27. The Bertz CT molecular complexity index is 781. The third-order valence-corrected chi connectivity index (χ3v) is 3.60. The summed E-state index contributed by atoms with van der Waals surface area (Å²) >= 11 is 1.22. The molecule has 0 unspecified atom stereocenters. The molecule has 0 bridgehead atoms. The summed E-state index contributed by atoms with van der Waals surface area (Å²) in [5.74, 6) is 2.60. The molecule has 1 N–H and O–H groups in total. The highest BCUT2D eigenvalue weighted by molar-refractivity contribution is 7.99. The van der Waals surface area contributed by atoms with Crippen molar-refractivity contribution in [2.24, 2.45) is 0 Å². The van der Waals surface area contributed by atoms with Crippen LogP contribution >= 0.6 is 11.8 Å². The van der Waals surface area contributed by atoms with Crippen LogP contribution in [0.4, 0.5) is 5.69 Å². The molecule has 0 aliphatic carbocycles. The summed E-state index contributed by atoms with van der Waals surface area (Å²) in [6.45, 7) is 1.54. The van der Waals surface area contributed by atoms with Gasteiger partial charge in [0.25, 0.3) is 16.8 Å². The van der Waals surface area contributed by atoms with Gasteiger partial charge in [0.15, 0.2) is 0 Å². The predicted molar refractivity (Wildman–Crippen MR) is 82.9 cm³/mol. The molecule has 1 aromatic heterocycles. The molecule has 0 fully saturated rings. The number of aromatic nitrogens is 2. The fraction of sp³-hybridized carbons (Fsp3) is 0.214. The van der Waals surface area contributed by atoms with E-state index < -0.39 is 10.8 Å². The number of amides is 1. The Morgan fingerprint density at radius 2 is 2.30 bits per heavy atom. The molecule has 118 valence electrons. The number of hydrogen-bond donors (Lipinski definition) is 1. The number of nitrogens with zero attached hydrogens (tertiary/aromatic N) is 3. The summed E-state index contributed by atoms with van der Waals surface area (Å²) in [6, 6.07) is 4.32. The van der Waals surface area contributed by atoms with E-state index in [9.17, 15) is 14.9 Å². The lowest BCUT2D eigenvalue weighted by Gasteiger charge is -2.06. The van der Waals surface area contributed by atoms with E-state index in [0.717, 1.165) is 0 Å². The fourth-order valence-electron chi connectivity index (χ4n) is 1.79. The molecule has 2 rings (SSSR count). The van der Waals surface area contributed by atoms with Crippen molar-refractivity contribution in [1.82, 2.24) is 15.5 Å². The molecule has 0 saturated heterocycles. The second kappa shape index (κ2) is 7.42. The zero-order valence-corrected chi connectivity index (χ0v) is 12.9. The summed E-state index contributed by atoms with van der Waals surface area (Å²) in [6.07, 6.45) is 5.13. The molecule has 0 atom stereocenters. The van der Waals surface area contributed by atoms with Crippen LogP contribution in [0.15, 0.2) is 27.8 Å². The molecule has 0 aliphatic rings. The first kappa shape index (κ1) is 16.5. The first-order chi connectivity index (χ1) is 11.0. The summed E-state index contributed by atoms with van der Waals surface area (Å²) in [5.41, 5.74) is 0.412. The molecule has 1 heterocycles. The molecule has 2 aromatic rings. The maximum atomic E-state index is 12.1. The molecule has 9 heteroatoms. The normalized spacial score (nSPS) is 10.1. The van der Waals surface area contributed by atoms with E-state index >= 15 is 0 Å². The van der Waals surface area contributed by atoms with Gasteiger partial charge >= 0.3 is 0 Å². The number of nitro groups is 1. The minimum Gasteiger partial charge on any atom is -0.414 e.